The van der Waals surface area contributed by atoms with Crippen LogP contribution in [0.15, 0.2) is 47.4 Å². The highest BCUT2D eigenvalue weighted by atomic mass is 35.5. The third kappa shape index (κ3) is 4.55. The number of nitrogens with one attached hydrogen (secondary N) is 1. The van der Waals surface area contributed by atoms with Crippen LogP contribution in [0.3, 0.4) is 0 Å². The van der Waals surface area contributed by atoms with Gasteiger partial charge in [0.25, 0.3) is 0 Å². The van der Waals surface area contributed by atoms with Gasteiger partial charge in [-0.3, -0.25) is 0 Å². The number of sulfonamides is 1. The van der Waals surface area contributed by atoms with E-state index in [2.05, 4.69) is 4.72 Å². The maximum atomic E-state index is 12.5. The van der Waals surface area contributed by atoms with Crippen LogP contribution in [0.5, 0.6) is 5.75 Å². The predicted molar refractivity (Wildman–Crippen MR) is 97.2 cm³/mol. The second-order valence-corrected chi connectivity index (χ2v) is 8.28. The molecule has 26 heavy (non-hydrogen) atoms. The van der Waals surface area contributed by atoms with Crippen LogP contribution in [0.1, 0.15) is 17.5 Å². The molecule has 1 aliphatic carbocycles. The fraction of sp³-hybridized carbons (Fsp3) is 0.278. The van der Waals surface area contributed by atoms with Gasteiger partial charge in [-0.1, -0.05) is 17.7 Å². The number of ether oxygens (including phenoxy) is 1. The topological polar surface area (TPSA) is 92.7 Å². The fourth-order valence-electron chi connectivity index (χ4n) is 2.97. The van der Waals surface area contributed by atoms with Gasteiger partial charge >= 0.3 is 5.97 Å². The van der Waals surface area contributed by atoms with Crippen molar-refractivity contribution in [1.29, 1.82) is 0 Å². The third-order valence-electron chi connectivity index (χ3n) is 4.21. The van der Waals surface area contributed by atoms with Crippen LogP contribution in [-0.2, 0) is 27.7 Å². The molecule has 0 saturated heterocycles. The zero-order valence-electron chi connectivity index (χ0n) is 13.8. The molecule has 2 N–H and O–H groups in total. The lowest BCUT2D eigenvalue weighted by Crippen LogP contribution is -2.38. The number of hydrogen-bond acceptors (Lipinski definition) is 4. The number of carboxylic acid groups (broad SMARTS) is 1. The summed E-state index contributed by atoms with van der Waals surface area (Å²) in [6.45, 7) is -0.387. The smallest absolute Gasteiger partial charge is 0.341 e. The maximum absolute atomic E-state index is 12.5. The van der Waals surface area contributed by atoms with E-state index in [0.717, 1.165) is 11.1 Å². The minimum absolute atomic E-state index is 0.185. The lowest BCUT2D eigenvalue weighted by atomic mass is 9.89. The normalized spacial score (nSPS) is 16.7. The average molecular weight is 396 g/mol. The number of carboxylic acids is 1. The van der Waals surface area contributed by atoms with Crippen LogP contribution < -0.4 is 9.46 Å². The molecule has 138 valence electrons. The van der Waals surface area contributed by atoms with Crippen molar-refractivity contribution in [2.45, 2.75) is 30.2 Å². The van der Waals surface area contributed by atoms with Crippen molar-refractivity contribution < 1.29 is 23.1 Å². The highest BCUT2D eigenvalue weighted by Gasteiger charge is 2.24. The first-order valence-corrected chi connectivity index (χ1v) is 9.94. The van der Waals surface area contributed by atoms with Gasteiger partial charge in [-0.2, -0.15) is 0 Å². The molecular weight excluding hydrogens is 378 g/mol. The third-order valence-corrected chi connectivity index (χ3v) is 6.00. The number of fused-ring (bicyclic) bond motifs is 1. The van der Waals surface area contributed by atoms with Gasteiger partial charge in [0.05, 0.1) is 4.90 Å². The van der Waals surface area contributed by atoms with E-state index in [-0.39, 0.29) is 17.5 Å². The molecule has 0 bridgehead atoms. The number of carbonyl (C=O) groups is 1. The zero-order valence-corrected chi connectivity index (χ0v) is 15.4. The van der Waals surface area contributed by atoms with Crippen molar-refractivity contribution in [2.75, 3.05) is 6.61 Å². The summed E-state index contributed by atoms with van der Waals surface area (Å²) < 4.78 is 32.9. The molecule has 0 heterocycles. The van der Waals surface area contributed by atoms with E-state index in [1.54, 1.807) is 18.2 Å². The molecule has 6 nitrogen and oxygen atoms in total. The molecule has 0 saturated carbocycles. The summed E-state index contributed by atoms with van der Waals surface area (Å²) in [6, 6.07) is 11.2. The molecule has 2 aromatic carbocycles. The van der Waals surface area contributed by atoms with E-state index in [1.807, 2.05) is 12.1 Å². The average Bonchev–Trinajstić information content (AvgIpc) is 2.60. The maximum Gasteiger partial charge on any atom is 0.341 e. The second-order valence-electron chi connectivity index (χ2n) is 6.13. The number of rotatable bonds is 6. The Labute approximate surface area is 156 Å². The molecule has 8 heteroatoms. The van der Waals surface area contributed by atoms with Gasteiger partial charge in [0, 0.05) is 11.1 Å². The Morgan fingerprint density at radius 1 is 1.19 bits per heavy atom. The lowest BCUT2D eigenvalue weighted by molar-refractivity contribution is -0.139. The van der Waals surface area contributed by atoms with E-state index in [4.69, 9.17) is 21.4 Å². The molecule has 0 fully saturated rings. The van der Waals surface area contributed by atoms with Crippen molar-refractivity contribution in [3.05, 3.63) is 58.6 Å². The fourth-order valence-corrected chi connectivity index (χ4v) is 4.36. The van der Waals surface area contributed by atoms with Gasteiger partial charge in [-0.05, 0) is 66.8 Å². The van der Waals surface area contributed by atoms with Crippen molar-refractivity contribution in [1.82, 2.24) is 4.72 Å². The van der Waals surface area contributed by atoms with Crippen LogP contribution in [0.4, 0.5) is 0 Å². The standard InChI is InChI=1S/C18H18ClNO5S/c19-14-3-7-17(8-4-14)26(23,24)20-15-5-1-13-10-16(25-11-18(21)22)6-2-12(13)9-15/h2-4,6-8,10,15,20H,1,5,9,11H2,(H,21,22). The van der Waals surface area contributed by atoms with Crippen LogP contribution >= 0.6 is 11.6 Å². The van der Waals surface area contributed by atoms with Gasteiger partial charge in [-0.15, -0.1) is 0 Å². The van der Waals surface area contributed by atoms with Crippen molar-refractivity contribution in [3.63, 3.8) is 0 Å². The Morgan fingerprint density at radius 2 is 1.92 bits per heavy atom. The van der Waals surface area contributed by atoms with Gasteiger partial charge in [0.15, 0.2) is 6.61 Å². The van der Waals surface area contributed by atoms with E-state index in [1.165, 1.54) is 12.1 Å². The van der Waals surface area contributed by atoms with Crippen molar-refractivity contribution >= 4 is 27.6 Å². The number of aliphatic carboxylic acids is 1. The quantitative estimate of drug-likeness (QED) is 0.784. The first kappa shape index (κ1) is 18.7. The van der Waals surface area contributed by atoms with Crippen LogP contribution in [0, 0.1) is 0 Å². The SMILES string of the molecule is O=C(O)COc1ccc2c(c1)CCC(NS(=O)(=O)c1ccc(Cl)cc1)C2. The summed E-state index contributed by atoms with van der Waals surface area (Å²) in [5.74, 6) is -0.522. The van der Waals surface area contributed by atoms with Crippen LogP contribution in [0.2, 0.25) is 5.02 Å². The monoisotopic (exact) mass is 395 g/mol. The molecular formula is C18H18ClNO5S. The van der Waals surface area contributed by atoms with Gasteiger partial charge in [0.1, 0.15) is 5.75 Å². The Bertz CT molecular complexity index is 912. The Kier molecular flexibility index (Phi) is 5.50. The minimum Gasteiger partial charge on any atom is -0.482 e. The van der Waals surface area contributed by atoms with E-state index in [0.29, 0.717) is 30.0 Å². The second kappa shape index (κ2) is 7.65. The highest BCUT2D eigenvalue weighted by molar-refractivity contribution is 7.89. The molecule has 0 spiro atoms. The van der Waals surface area contributed by atoms with E-state index >= 15 is 0 Å². The Balaban J connectivity index is 1.68. The summed E-state index contributed by atoms with van der Waals surface area (Å²) in [5, 5.41) is 9.15. The summed E-state index contributed by atoms with van der Waals surface area (Å²) in [7, 11) is -3.60. The van der Waals surface area contributed by atoms with Crippen molar-refractivity contribution in [2.24, 2.45) is 0 Å². The molecule has 3 rings (SSSR count). The largest absolute Gasteiger partial charge is 0.482 e. The number of benzene rings is 2. The lowest BCUT2D eigenvalue weighted by Gasteiger charge is -2.25. The van der Waals surface area contributed by atoms with E-state index in [9.17, 15) is 13.2 Å². The van der Waals surface area contributed by atoms with Crippen LogP contribution in [-0.4, -0.2) is 32.1 Å². The van der Waals surface area contributed by atoms with Gasteiger partial charge in [0.2, 0.25) is 10.0 Å². The molecule has 1 unspecified atom stereocenters. The van der Waals surface area contributed by atoms with Crippen LogP contribution in [0.25, 0.3) is 0 Å². The Hall–Kier alpha value is -2.09. The van der Waals surface area contributed by atoms with Gasteiger partial charge in [-0.25, -0.2) is 17.9 Å². The first-order valence-electron chi connectivity index (χ1n) is 8.08. The molecule has 0 aromatic heterocycles. The number of hydrogen-bond donors (Lipinski definition) is 2. The molecule has 1 atom stereocenters. The predicted octanol–water partition coefficient (Wildman–Crippen LogP) is 2.64. The number of aryl methyl sites for hydroxylation is 1. The summed E-state index contributed by atoms with van der Waals surface area (Å²) >= 11 is 5.80. The van der Waals surface area contributed by atoms with Crippen molar-refractivity contribution in [3.8, 4) is 5.75 Å². The highest BCUT2D eigenvalue weighted by Crippen LogP contribution is 2.26. The first-order chi connectivity index (χ1) is 12.3. The molecule has 0 radical (unpaired) electrons. The summed E-state index contributed by atoms with van der Waals surface area (Å²) in [4.78, 5) is 10.8. The zero-order chi connectivity index (χ0) is 18.7. The molecule has 0 amide bonds. The van der Waals surface area contributed by atoms with E-state index < -0.39 is 16.0 Å². The molecule has 0 aliphatic heterocycles. The summed E-state index contributed by atoms with van der Waals surface area (Å²) in [6.07, 6.45) is 1.91. The summed E-state index contributed by atoms with van der Waals surface area (Å²) in [5.41, 5.74) is 2.08. The Morgan fingerprint density at radius 3 is 2.62 bits per heavy atom. The minimum atomic E-state index is -3.60. The van der Waals surface area contributed by atoms with Gasteiger partial charge < -0.3 is 9.84 Å². The number of halogens is 1. The molecule has 2 aromatic rings. The molecule has 1 aliphatic rings.